The van der Waals surface area contributed by atoms with Crippen LogP contribution in [0.15, 0.2) is 0 Å². The number of hydrogen-bond donors (Lipinski definition) is 0. The largest absolute Gasteiger partial charge is 0.469 e. The minimum absolute atomic E-state index is 0.231. The third-order valence-electron chi connectivity index (χ3n) is 3.23. The van der Waals surface area contributed by atoms with Crippen molar-refractivity contribution in [1.29, 1.82) is 5.26 Å². The molecule has 1 fully saturated rings. The third-order valence-corrected chi connectivity index (χ3v) is 3.23. The van der Waals surface area contributed by atoms with Crippen molar-refractivity contribution in [3.63, 3.8) is 0 Å². The molecule has 0 bridgehead atoms. The van der Waals surface area contributed by atoms with Crippen molar-refractivity contribution in [3.8, 4) is 6.07 Å². The highest BCUT2D eigenvalue weighted by Gasteiger charge is 2.59. The van der Waals surface area contributed by atoms with E-state index < -0.39 is 29.4 Å². The van der Waals surface area contributed by atoms with Gasteiger partial charge < -0.3 is 14.2 Å². The van der Waals surface area contributed by atoms with Gasteiger partial charge in [0.25, 0.3) is 0 Å². The van der Waals surface area contributed by atoms with Gasteiger partial charge in [-0.05, 0) is 12.8 Å². The van der Waals surface area contributed by atoms with Crippen molar-refractivity contribution >= 4 is 11.9 Å². The molecular formula is C11H15NO5. The molecule has 3 unspecified atom stereocenters. The van der Waals surface area contributed by atoms with Crippen LogP contribution in [-0.4, -0.2) is 39.4 Å². The molecule has 94 valence electrons. The molecule has 1 aliphatic rings. The molecule has 0 aromatic rings. The van der Waals surface area contributed by atoms with Crippen molar-refractivity contribution in [3.05, 3.63) is 0 Å². The van der Waals surface area contributed by atoms with Crippen LogP contribution in [0.1, 0.15) is 12.8 Å². The average molecular weight is 241 g/mol. The first kappa shape index (κ1) is 13.5. The molecule has 0 saturated heterocycles. The molecule has 0 heterocycles. The monoisotopic (exact) mass is 241 g/mol. The lowest BCUT2D eigenvalue weighted by Gasteiger charge is -2.26. The lowest BCUT2D eigenvalue weighted by molar-refractivity contribution is -0.164. The first-order valence-corrected chi connectivity index (χ1v) is 5.17. The summed E-state index contributed by atoms with van der Waals surface area (Å²) in [6.45, 7) is 0. The van der Waals surface area contributed by atoms with Crippen LogP contribution in [0.25, 0.3) is 0 Å². The maximum atomic E-state index is 11.8. The maximum absolute atomic E-state index is 11.8. The highest BCUT2D eigenvalue weighted by Crippen LogP contribution is 2.45. The van der Waals surface area contributed by atoms with Gasteiger partial charge in [-0.2, -0.15) is 5.26 Å². The Morgan fingerprint density at radius 3 is 2.35 bits per heavy atom. The molecule has 3 atom stereocenters. The maximum Gasteiger partial charge on any atom is 0.327 e. The quantitative estimate of drug-likeness (QED) is 0.659. The van der Waals surface area contributed by atoms with Crippen LogP contribution in [0.5, 0.6) is 0 Å². The van der Waals surface area contributed by atoms with E-state index in [1.165, 1.54) is 21.3 Å². The summed E-state index contributed by atoms with van der Waals surface area (Å²) >= 11 is 0. The number of rotatable bonds is 3. The molecule has 1 saturated carbocycles. The van der Waals surface area contributed by atoms with E-state index in [0.717, 1.165) is 0 Å². The number of nitriles is 1. The van der Waals surface area contributed by atoms with Gasteiger partial charge in [-0.25, -0.2) is 0 Å². The van der Waals surface area contributed by atoms with Gasteiger partial charge >= 0.3 is 11.9 Å². The molecule has 0 radical (unpaired) electrons. The van der Waals surface area contributed by atoms with Crippen LogP contribution >= 0.6 is 0 Å². The first-order chi connectivity index (χ1) is 8.07. The van der Waals surface area contributed by atoms with Crippen LogP contribution in [0.2, 0.25) is 0 Å². The number of carbonyl (C=O) groups is 2. The van der Waals surface area contributed by atoms with Gasteiger partial charge in [0.15, 0.2) is 5.41 Å². The van der Waals surface area contributed by atoms with E-state index in [1.54, 1.807) is 0 Å². The van der Waals surface area contributed by atoms with Gasteiger partial charge in [-0.1, -0.05) is 0 Å². The Balaban J connectivity index is 3.17. The van der Waals surface area contributed by atoms with E-state index in [2.05, 4.69) is 9.47 Å². The molecule has 0 aliphatic heterocycles. The zero-order valence-corrected chi connectivity index (χ0v) is 10.1. The summed E-state index contributed by atoms with van der Waals surface area (Å²) in [5.41, 5.74) is -1.50. The predicted octanol–water partition coefficient (Wildman–Crippen LogP) is 0.267. The summed E-state index contributed by atoms with van der Waals surface area (Å²) in [6.07, 6.45) is 0.175. The molecule has 0 aromatic heterocycles. The van der Waals surface area contributed by atoms with Gasteiger partial charge in [-0.15, -0.1) is 0 Å². The Kier molecular flexibility index (Phi) is 4.07. The summed E-state index contributed by atoms with van der Waals surface area (Å²) in [5.74, 6) is -2.27. The van der Waals surface area contributed by atoms with E-state index in [9.17, 15) is 14.9 Å². The third kappa shape index (κ3) is 1.98. The summed E-state index contributed by atoms with van der Waals surface area (Å²) < 4.78 is 14.4. The van der Waals surface area contributed by atoms with E-state index in [4.69, 9.17) is 4.74 Å². The molecule has 6 heteroatoms. The first-order valence-electron chi connectivity index (χ1n) is 5.17. The lowest BCUT2D eigenvalue weighted by atomic mass is 9.78. The highest BCUT2D eigenvalue weighted by molar-refractivity contribution is 5.89. The summed E-state index contributed by atoms with van der Waals surface area (Å²) in [4.78, 5) is 23.5. The number of ether oxygens (including phenoxy) is 3. The van der Waals surface area contributed by atoms with Crippen molar-refractivity contribution in [1.82, 2.24) is 0 Å². The van der Waals surface area contributed by atoms with Gasteiger partial charge in [0, 0.05) is 7.11 Å². The number of hydrogen-bond acceptors (Lipinski definition) is 6. The average Bonchev–Trinajstić information content (AvgIpc) is 2.76. The Labute approximate surface area is 99.4 Å². The van der Waals surface area contributed by atoms with Crippen LogP contribution in [0.4, 0.5) is 0 Å². The van der Waals surface area contributed by atoms with Crippen molar-refractivity contribution in [2.75, 3.05) is 21.3 Å². The predicted molar refractivity (Wildman–Crippen MR) is 55.6 cm³/mol. The van der Waals surface area contributed by atoms with Crippen molar-refractivity contribution < 1.29 is 23.8 Å². The molecule has 0 amide bonds. The fraction of sp³-hybridized carbons (Fsp3) is 0.727. The standard InChI is InChI=1S/C11H15NO5/c1-15-7-4-5-11(6-12,10(14)17-3)8(7)9(13)16-2/h7-8H,4-5H2,1-3H3. The molecular weight excluding hydrogens is 226 g/mol. The number of carbonyl (C=O) groups excluding carboxylic acids is 2. The fourth-order valence-electron chi connectivity index (χ4n) is 2.33. The topological polar surface area (TPSA) is 85.6 Å². The molecule has 1 aliphatic carbocycles. The van der Waals surface area contributed by atoms with E-state index in [1.807, 2.05) is 6.07 Å². The summed E-state index contributed by atoms with van der Waals surface area (Å²) in [7, 11) is 3.84. The van der Waals surface area contributed by atoms with Gasteiger partial charge in [0.1, 0.15) is 5.92 Å². The van der Waals surface area contributed by atoms with Gasteiger partial charge in [0.2, 0.25) is 0 Å². The number of methoxy groups -OCH3 is 3. The molecule has 1 rings (SSSR count). The lowest BCUT2D eigenvalue weighted by Crippen LogP contribution is -2.43. The zero-order chi connectivity index (χ0) is 13.1. The minimum atomic E-state index is -1.50. The Morgan fingerprint density at radius 1 is 1.29 bits per heavy atom. The van der Waals surface area contributed by atoms with E-state index in [0.29, 0.717) is 6.42 Å². The fourth-order valence-corrected chi connectivity index (χ4v) is 2.33. The number of esters is 2. The highest BCUT2D eigenvalue weighted by atomic mass is 16.5. The van der Waals surface area contributed by atoms with Crippen LogP contribution < -0.4 is 0 Å². The minimum Gasteiger partial charge on any atom is -0.469 e. The smallest absolute Gasteiger partial charge is 0.327 e. The molecule has 0 spiro atoms. The van der Waals surface area contributed by atoms with Crippen molar-refractivity contribution in [2.45, 2.75) is 18.9 Å². The van der Waals surface area contributed by atoms with Gasteiger partial charge in [0.05, 0.1) is 26.4 Å². The normalized spacial score (nSPS) is 31.6. The van der Waals surface area contributed by atoms with Gasteiger partial charge in [-0.3, -0.25) is 9.59 Å². The molecule has 0 N–H and O–H groups in total. The Hall–Kier alpha value is -1.61. The molecule has 17 heavy (non-hydrogen) atoms. The second-order valence-electron chi connectivity index (χ2n) is 3.89. The van der Waals surface area contributed by atoms with Crippen LogP contribution in [0, 0.1) is 22.7 Å². The van der Waals surface area contributed by atoms with Crippen molar-refractivity contribution in [2.24, 2.45) is 11.3 Å². The van der Waals surface area contributed by atoms with E-state index in [-0.39, 0.29) is 6.42 Å². The SMILES string of the molecule is COC(=O)C1C(OC)CCC1(C#N)C(=O)OC. The Morgan fingerprint density at radius 2 is 1.94 bits per heavy atom. The molecule has 0 aromatic carbocycles. The second kappa shape index (κ2) is 5.15. The summed E-state index contributed by atoms with van der Waals surface area (Å²) in [6, 6.07) is 1.90. The summed E-state index contributed by atoms with van der Waals surface area (Å²) in [5, 5.41) is 9.23. The number of nitrogens with zero attached hydrogens (tertiary/aromatic N) is 1. The second-order valence-corrected chi connectivity index (χ2v) is 3.89. The Bertz CT molecular complexity index is 361. The zero-order valence-electron chi connectivity index (χ0n) is 10.1. The van der Waals surface area contributed by atoms with E-state index >= 15 is 0 Å². The molecule has 6 nitrogen and oxygen atoms in total. The van der Waals surface area contributed by atoms with Crippen LogP contribution in [-0.2, 0) is 23.8 Å². The van der Waals surface area contributed by atoms with Crippen LogP contribution in [0.3, 0.4) is 0 Å².